The van der Waals surface area contributed by atoms with Crippen LogP contribution in [-0.2, 0) is 14.7 Å². The zero-order valence-corrected chi connectivity index (χ0v) is 24.5. The summed E-state index contributed by atoms with van der Waals surface area (Å²) in [5.41, 5.74) is 11.9. The van der Waals surface area contributed by atoms with E-state index in [1.54, 1.807) is 0 Å². The minimum absolute atomic E-state index is 0.420. The molecule has 0 bridgehead atoms. The fourth-order valence-corrected chi connectivity index (χ4v) is 7.64. The molecule has 1 atom stereocenters. The number of hydrogen-bond donors (Lipinski definition) is 0. The summed E-state index contributed by atoms with van der Waals surface area (Å²) >= 11 is 0. The van der Waals surface area contributed by atoms with Gasteiger partial charge >= 0.3 is 7.12 Å². The van der Waals surface area contributed by atoms with Crippen LogP contribution < -0.4 is 0 Å². The van der Waals surface area contributed by atoms with Crippen LogP contribution in [0, 0.1) is 0 Å². The van der Waals surface area contributed by atoms with Crippen molar-refractivity contribution in [2.45, 2.75) is 58.2 Å². The zero-order chi connectivity index (χ0) is 28.3. The van der Waals surface area contributed by atoms with Gasteiger partial charge in [0, 0.05) is 10.8 Å². The molecule has 4 aromatic carbocycles. The largest absolute Gasteiger partial charge is 0.495 e. The Balaban J connectivity index is 1.46. The van der Waals surface area contributed by atoms with Gasteiger partial charge in [0.05, 0.1) is 16.6 Å². The molecule has 0 saturated carbocycles. The van der Waals surface area contributed by atoms with E-state index in [9.17, 15) is 0 Å². The van der Waals surface area contributed by atoms with E-state index in [0.29, 0.717) is 0 Å². The van der Waals surface area contributed by atoms with Gasteiger partial charge in [0.1, 0.15) is 11.2 Å². The van der Waals surface area contributed by atoms with Gasteiger partial charge in [-0.15, -0.1) is 0 Å². The molecule has 3 nitrogen and oxygen atoms in total. The molecule has 0 N–H and O–H groups in total. The number of para-hydroxylation sites is 1. The second kappa shape index (κ2) is 8.12. The molecule has 8 rings (SSSR count). The maximum absolute atomic E-state index is 6.64. The number of rotatable bonds is 2. The molecule has 1 spiro atoms. The van der Waals surface area contributed by atoms with Gasteiger partial charge in [-0.05, 0) is 104 Å². The van der Waals surface area contributed by atoms with Gasteiger partial charge in [0.2, 0.25) is 0 Å². The average Bonchev–Trinajstić information content (AvgIpc) is 3.62. The molecule has 202 valence electrons. The van der Waals surface area contributed by atoms with E-state index in [1.165, 1.54) is 49.9 Å². The van der Waals surface area contributed by atoms with E-state index in [1.807, 2.05) is 6.07 Å². The molecule has 1 aromatic heterocycles. The normalized spacial score (nSPS) is 22.2. The summed E-state index contributed by atoms with van der Waals surface area (Å²) in [6, 6.07) is 30.7. The highest BCUT2D eigenvalue weighted by Crippen LogP contribution is 2.64. The molecule has 1 unspecified atom stereocenters. The summed E-state index contributed by atoms with van der Waals surface area (Å²) in [4.78, 5) is 0. The molecule has 5 aromatic rings. The van der Waals surface area contributed by atoms with Crippen molar-refractivity contribution in [2.75, 3.05) is 0 Å². The fourth-order valence-electron chi connectivity index (χ4n) is 7.64. The maximum Gasteiger partial charge on any atom is 0.495 e. The summed E-state index contributed by atoms with van der Waals surface area (Å²) in [7, 11) is -0.449. The third-order valence-corrected chi connectivity index (χ3v) is 10.2. The topological polar surface area (TPSA) is 31.6 Å². The summed E-state index contributed by atoms with van der Waals surface area (Å²) in [5.74, 6) is 0. The first-order chi connectivity index (χ1) is 19.7. The van der Waals surface area contributed by atoms with E-state index >= 15 is 0 Å². The van der Waals surface area contributed by atoms with Crippen molar-refractivity contribution in [2.24, 2.45) is 0 Å². The lowest BCUT2D eigenvalue weighted by molar-refractivity contribution is 0.00578. The van der Waals surface area contributed by atoms with Crippen LogP contribution in [0.1, 0.15) is 63.8 Å². The van der Waals surface area contributed by atoms with Crippen LogP contribution in [0.15, 0.2) is 106 Å². The van der Waals surface area contributed by atoms with Crippen LogP contribution in [0.4, 0.5) is 0 Å². The lowest BCUT2D eigenvalue weighted by Gasteiger charge is -2.32. The number of fused-ring (bicyclic) bond motifs is 11. The Kier molecular flexibility index (Phi) is 4.93. The van der Waals surface area contributed by atoms with Crippen molar-refractivity contribution >= 4 is 34.6 Å². The first-order valence-electron chi connectivity index (χ1n) is 14.6. The van der Waals surface area contributed by atoms with Crippen LogP contribution in [0.3, 0.4) is 0 Å². The summed E-state index contributed by atoms with van der Waals surface area (Å²) in [5, 5.41) is 2.35. The molecule has 3 aliphatic rings. The molecule has 1 saturated heterocycles. The Morgan fingerprint density at radius 1 is 0.683 bits per heavy atom. The van der Waals surface area contributed by atoms with Gasteiger partial charge in [0.15, 0.2) is 0 Å². The van der Waals surface area contributed by atoms with Crippen molar-refractivity contribution in [3.8, 4) is 11.1 Å². The SMILES string of the molecule is C/C=C(/B1OC(C)(C)C(C)(C)O1)C1=C(C)C2(c3ccccc31)c1ccccc1-c1c2ccc2oc3ccccc3c12. The molecular weight excluding hydrogens is 503 g/mol. The number of furan rings is 1. The smallest absolute Gasteiger partial charge is 0.456 e. The van der Waals surface area contributed by atoms with E-state index < -0.39 is 23.7 Å². The summed E-state index contributed by atoms with van der Waals surface area (Å²) < 4.78 is 19.7. The highest BCUT2D eigenvalue weighted by Gasteiger charge is 2.56. The Bertz CT molecular complexity index is 1970. The molecule has 0 radical (unpaired) electrons. The van der Waals surface area contributed by atoms with Crippen LogP contribution >= 0.6 is 0 Å². The lowest BCUT2D eigenvalue weighted by Crippen LogP contribution is -2.41. The van der Waals surface area contributed by atoms with Gasteiger partial charge < -0.3 is 13.7 Å². The van der Waals surface area contributed by atoms with E-state index in [-0.39, 0.29) is 0 Å². The van der Waals surface area contributed by atoms with E-state index in [2.05, 4.69) is 126 Å². The zero-order valence-electron chi connectivity index (χ0n) is 24.5. The van der Waals surface area contributed by atoms with Gasteiger partial charge in [0.25, 0.3) is 0 Å². The predicted molar refractivity (Wildman–Crippen MR) is 168 cm³/mol. The predicted octanol–water partition coefficient (Wildman–Crippen LogP) is 9.27. The second-order valence-electron chi connectivity index (χ2n) is 12.6. The standard InChI is InChI=1S/C37H33BO3/c1-7-29(38-40-35(3,4)36(5,6)41-38)32-22(2)37(26-17-11-8-14-23(26)32)27-18-12-9-15-24(27)33-28(37)20-21-31-34(33)25-16-10-13-19-30(25)39-31/h7-21H,1-6H3/b29-7+. The Morgan fingerprint density at radius 3 is 2.00 bits per heavy atom. The lowest BCUT2D eigenvalue weighted by atomic mass is 9.68. The number of benzene rings is 4. The minimum atomic E-state index is -0.449. The van der Waals surface area contributed by atoms with Crippen molar-refractivity contribution < 1.29 is 13.7 Å². The van der Waals surface area contributed by atoms with E-state index in [0.717, 1.165) is 22.0 Å². The first kappa shape index (κ1) is 24.9. The second-order valence-corrected chi connectivity index (χ2v) is 12.6. The molecule has 2 heterocycles. The maximum atomic E-state index is 6.64. The van der Waals surface area contributed by atoms with Crippen LogP contribution in [0.2, 0.25) is 0 Å². The molecule has 0 amide bonds. The molecule has 1 fully saturated rings. The average molecular weight is 536 g/mol. The quantitative estimate of drug-likeness (QED) is 0.211. The van der Waals surface area contributed by atoms with Crippen molar-refractivity contribution in [1.82, 2.24) is 0 Å². The number of hydrogen-bond acceptors (Lipinski definition) is 3. The minimum Gasteiger partial charge on any atom is -0.456 e. The van der Waals surface area contributed by atoms with Crippen LogP contribution in [-0.4, -0.2) is 18.3 Å². The summed E-state index contributed by atoms with van der Waals surface area (Å²) in [6.07, 6.45) is 2.19. The van der Waals surface area contributed by atoms with Gasteiger partial charge in [-0.1, -0.05) is 78.9 Å². The molecule has 41 heavy (non-hydrogen) atoms. The van der Waals surface area contributed by atoms with Gasteiger partial charge in [-0.25, -0.2) is 0 Å². The van der Waals surface area contributed by atoms with Crippen LogP contribution in [0.5, 0.6) is 0 Å². The van der Waals surface area contributed by atoms with Gasteiger partial charge in [-0.3, -0.25) is 0 Å². The van der Waals surface area contributed by atoms with Crippen molar-refractivity contribution in [3.05, 3.63) is 124 Å². The third kappa shape index (κ3) is 2.97. The molecule has 4 heteroatoms. The fraction of sp³-hybridized carbons (Fsp3) is 0.243. The van der Waals surface area contributed by atoms with Gasteiger partial charge in [-0.2, -0.15) is 0 Å². The highest BCUT2D eigenvalue weighted by atomic mass is 16.7. The molecule has 2 aliphatic carbocycles. The monoisotopic (exact) mass is 536 g/mol. The molecular formula is C37H33BO3. The van der Waals surface area contributed by atoms with Crippen molar-refractivity contribution in [1.29, 1.82) is 0 Å². The molecule has 1 aliphatic heterocycles. The van der Waals surface area contributed by atoms with E-state index in [4.69, 9.17) is 13.7 Å². The summed E-state index contributed by atoms with van der Waals surface area (Å²) in [6.45, 7) is 12.9. The van der Waals surface area contributed by atoms with Crippen molar-refractivity contribution in [3.63, 3.8) is 0 Å². The Labute approximate surface area is 241 Å². The number of allylic oxidation sites excluding steroid dienone is 4. The Hall–Kier alpha value is -3.86. The first-order valence-corrected chi connectivity index (χ1v) is 14.6. The highest BCUT2D eigenvalue weighted by molar-refractivity contribution is 6.59. The third-order valence-electron chi connectivity index (χ3n) is 10.2. The van der Waals surface area contributed by atoms with Crippen LogP contribution in [0.25, 0.3) is 38.6 Å². The Morgan fingerprint density at radius 2 is 1.29 bits per heavy atom.